The van der Waals surface area contributed by atoms with E-state index in [4.69, 9.17) is 22.9 Å². The maximum absolute atomic E-state index is 14.6. The summed E-state index contributed by atoms with van der Waals surface area (Å²) in [6.45, 7) is 11.9. The van der Waals surface area contributed by atoms with Crippen molar-refractivity contribution < 1.29 is 107 Å². The Balaban J connectivity index is 1.90. The molecule has 26 N–H and O–H groups in total. The monoisotopic (exact) mass is 1700 g/mol. The zero-order chi connectivity index (χ0) is 90.6. The van der Waals surface area contributed by atoms with Crippen LogP contribution in [0, 0.1) is 11.8 Å². The Morgan fingerprint density at radius 2 is 0.612 bits per heavy atom. The molecule has 14 unspecified atom stereocenters. The predicted molar refractivity (Wildman–Crippen MR) is 440 cm³/mol. The van der Waals surface area contributed by atoms with Gasteiger partial charge in [-0.2, -0.15) is 0 Å². The fourth-order valence-electron chi connectivity index (χ4n) is 12.4. The molecule has 0 radical (unpaired) electrons. The van der Waals surface area contributed by atoms with Crippen LogP contribution in [0.15, 0.2) is 84.9 Å². The average molecular weight is 1700 g/mol. The lowest BCUT2D eigenvalue weighted by molar-refractivity contribution is -0.142. The van der Waals surface area contributed by atoms with Gasteiger partial charge in [-0.15, -0.1) is 0 Å². The van der Waals surface area contributed by atoms with Crippen LogP contribution in [0.25, 0.3) is 0 Å². The minimum atomic E-state index is -1.97. The number of carbonyl (C=O) groups excluding carboxylic acids is 15. The normalized spacial score (nSPS) is 14.6. The van der Waals surface area contributed by atoms with Gasteiger partial charge in [0.2, 0.25) is 88.6 Å². The third-order valence-electron chi connectivity index (χ3n) is 19.1. The molecular formula is C81H122N18O22. The fraction of sp³-hybridized carbons (Fsp3) is 0.556. The Hall–Kier alpha value is -12.2. The van der Waals surface area contributed by atoms with Crippen LogP contribution in [0.3, 0.4) is 0 Å². The van der Waals surface area contributed by atoms with Gasteiger partial charge in [0.15, 0.2) is 0 Å². The first-order valence-corrected chi connectivity index (χ1v) is 40.3. The van der Waals surface area contributed by atoms with E-state index in [-0.39, 0.29) is 95.5 Å². The number of phenolic OH excluding ortho intramolecular Hbond substituents is 1. The van der Waals surface area contributed by atoms with E-state index in [0.717, 1.165) is 0 Å². The van der Waals surface area contributed by atoms with Gasteiger partial charge >= 0.3 is 17.9 Å². The first kappa shape index (κ1) is 103. The van der Waals surface area contributed by atoms with Crippen molar-refractivity contribution in [3.8, 4) is 5.75 Å². The average Bonchev–Trinajstić information content (AvgIpc) is 0.850. The Bertz CT molecular complexity index is 3970. The Labute approximate surface area is 702 Å². The molecule has 3 rings (SSSR count). The number of hydrogen-bond donors (Lipinski definition) is 22. The SMILES string of the molecule is CC(=O)NC(C)C(=O)NC(Cc1ccccc1)C(=O)NC(Cc1ccc(O)cc1)C(=O)NC(CC(=O)O)C(=O)NC(CCCCN)C(=O)NC(C(=O)NC(C)C(=O)NC(CCC(=O)O)C(=O)NC(CCCCN)C(=O)NC(CC(C)C)C(=O)NC(CCCCN)C(=O)NC(CCC(=O)O)C(=O)NC(C)C(=O)NC(Cc1ccccc1)C(N)=O)C(C)C. The molecule has 3 aromatic carbocycles. The molecule has 0 fully saturated rings. The molecule has 14 atom stereocenters. The highest BCUT2D eigenvalue weighted by Gasteiger charge is 2.39. The number of amides is 15. The molecule has 3 aromatic rings. The van der Waals surface area contributed by atoms with Gasteiger partial charge in [-0.1, -0.05) is 100 Å². The van der Waals surface area contributed by atoms with Gasteiger partial charge in [-0.3, -0.25) is 86.3 Å². The number of hydrogen-bond acceptors (Lipinski definition) is 22. The molecule has 0 saturated carbocycles. The summed E-state index contributed by atoms with van der Waals surface area (Å²) in [5.74, 6) is -20.0. The van der Waals surface area contributed by atoms with E-state index in [1.54, 1.807) is 74.5 Å². The number of carboxylic acids is 3. The highest BCUT2D eigenvalue weighted by atomic mass is 16.4. The van der Waals surface area contributed by atoms with Crippen LogP contribution in [-0.4, -0.2) is 231 Å². The van der Waals surface area contributed by atoms with E-state index in [0.29, 0.717) is 36.0 Å². The van der Waals surface area contributed by atoms with Gasteiger partial charge in [0.05, 0.1) is 6.42 Å². The molecule has 0 heterocycles. The van der Waals surface area contributed by atoms with Crippen LogP contribution >= 0.6 is 0 Å². The molecule has 15 amide bonds. The minimum absolute atomic E-state index is 0.0116. The summed E-state index contributed by atoms with van der Waals surface area (Å²) in [6, 6.07) is 1.31. The van der Waals surface area contributed by atoms with Crippen molar-refractivity contribution in [3.63, 3.8) is 0 Å². The Kier molecular flexibility index (Phi) is 46.0. The largest absolute Gasteiger partial charge is 0.508 e. The summed E-state index contributed by atoms with van der Waals surface area (Å²) in [6.07, 6.45) is -3.01. The van der Waals surface area contributed by atoms with Gasteiger partial charge in [0.1, 0.15) is 90.3 Å². The van der Waals surface area contributed by atoms with Gasteiger partial charge < -0.3 is 118 Å². The molecule has 0 bridgehead atoms. The quantitative estimate of drug-likeness (QED) is 0.0252. The van der Waals surface area contributed by atoms with Crippen molar-refractivity contribution in [1.82, 2.24) is 74.4 Å². The number of carboxylic acid groups (broad SMARTS) is 3. The van der Waals surface area contributed by atoms with E-state index in [9.17, 15) is 107 Å². The number of aliphatic carboxylic acids is 3. The number of primary amides is 1. The van der Waals surface area contributed by atoms with Crippen molar-refractivity contribution >= 4 is 107 Å². The fourth-order valence-corrected chi connectivity index (χ4v) is 12.4. The van der Waals surface area contributed by atoms with Crippen molar-refractivity contribution in [3.05, 3.63) is 102 Å². The lowest BCUT2D eigenvalue weighted by Crippen LogP contribution is -2.61. The summed E-state index contributed by atoms with van der Waals surface area (Å²) < 4.78 is 0. The zero-order valence-corrected chi connectivity index (χ0v) is 69.6. The molecule has 0 spiro atoms. The number of nitrogens with two attached hydrogens (primary N) is 4. The second-order valence-corrected chi connectivity index (χ2v) is 30.3. The lowest BCUT2D eigenvalue weighted by Gasteiger charge is -2.29. The van der Waals surface area contributed by atoms with Crippen molar-refractivity contribution in [2.45, 2.75) is 256 Å². The van der Waals surface area contributed by atoms with E-state index < -0.39 is 229 Å². The minimum Gasteiger partial charge on any atom is -0.508 e. The third kappa shape index (κ3) is 39.5. The summed E-state index contributed by atoms with van der Waals surface area (Å²) in [5.41, 5.74) is 24.6. The summed E-state index contributed by atoms with van der Waals surface area (Å²) in [7, 11) is 0. The summed E-state index contributed by atoms with van der Waals surface area (Å²) >= 11 is 0. The lowest BCUT2D eigenvalue weighted by atomic mass is 10.00. The highest BCUT2D eigenvalue weighted by Crippen LogP contribution is 2.17. The van der Waals surface area contributed by atoms with Crippen LogP contribution < -0.4 is 97.4 Å². The molecule has 0 aliphatic heterocycles. The molecule has 0 aliphatic rings. The number of unbranched alkanes of at least 4 members (excludes halogenated alkanes) is 3. The van der Waals surface area contributed by atoms with Crippen LogP contribution in [0.5, 0.6) is 5.75 Å². The van der Waals surface area contributed by atoms with E-state index in [2.05, 4.69) is 74.4 Å². The van der Waals surface area contributed by atoms with Crippen LogP contribution in [0.4, 0.5) is 0 Å². The van der Waals surface area contributed by atoms with Crippen molar-refractivity contribution in [2.24, 2.45) is 34.8 Å². The number of rotatable bonds is 57. The molecule has 40 heteroatoms. The van der Waals surface area contributed by atoms with Crippen LogP contribution in [-0.2, 0) is 106 Å². The number of benzene rings is 3. The first-order chi connectivity index (χ1) is 57.2. The summed E-state index contributed by atoms with van der Waals surface area (Å²) in [5, 5.41) is 74.7. The Morgan fingerprint density at radius 1 is 0.314 bits per heavy atom. The van der Waals surface area contributed by atoms with Crippen LogP contribution in [0.1, 0.15) is 168 Å². The molecular weight excluding hydrogens is 1580 g/mol. The van der Waals surface area contributed by atoms with Crippen molar-refractivity contribution in [1.29, 1.82) is 0 Å². The summed E-state index contributed by atoms with van der Waals surface area (Å²) in [4.78, 5) is 245. The Morgan fingerprint density at radius 3 is 0.983 bits per heavy atom. The number of aromatic hydroxyl groups is 1. The molecule has 40 nitrogen and oxygen atoms in total. The van der Waals surface area contributed by atoms with Gasteiger partial charge in [0.25, 0.3) is 0 Å². The maximum Gasteiger partial charge on any atom is 0.305 e. The van der Waals surface area contributed by atoms with Gasteiger partial charge in [-0.25, -0.2) is 0 Å². The molecule has 121 heavy (non-hydrogen) atoms. The molecule has 0 saturated heterocycles. The van der Waals surface area contributed by atoms with E-state index in [1.807, 2.05) is 0 Å². The van der Waals surface area contributed by atoms with Crippen molar-refractivity contribution in [2.75, 3.05) is 19.6 Å². The van der Waals surface area contributed by atoms with Crippen LogP contribution in [0.2, 0.25) is 0 Å². The second-order valence-electron chi connectivity index (χ2n) is 30.3. The predicted octanol–water partition coefficient (Wildman–Crippen LogP) is -2.93. The second kappa shape index (κ2) is 54.1. The molecule has 0 aromatic heterocycles. The molecule has 668 valence electrons. The zero-order valence-electron chi connectivity index (χ0n) is 69.6. The smallest absolute Gasteiger partial charge is 0.305 e. The first-order valence-electron chi connectivity index (χ1n) is 40.3. The number of nitrogens with one attached hydrogen (secondary N) is 14. The number of carbonyl (C=O) groups is 18. The molecule has 0 aliphatic carbocycles. The highest BCUT2D eigenvalue weighted by molar-refractivity contribution is 6.01. The number of phenols is 1. The van der Waals surface area contributed by atoms with E-state index >= 15 is 0 Å². The van der Waals surface area contributed by atoms with Gasteiger partial charge in [0, 0.05) is 39.0 Å². The maximum atomic E-state index is 14.6. The standard InChI is InChI=1S/C81H122N18O22/c1-44(2)39-60(77(117)91-54(25-15-18-36-82)73(113)93-57(32-34-64(102)103)72(112)87-47(6)71(111)94-59(68(85)108)40-50-21-11-9-12-22-50)96-74(114)55(26-16-19-37-83)90-75(115)58(33-35-65(104)105)89-70(110)48(7)88-81(121)67(45(3)4)99-76(116)56(27-17-20-38-84)92-80(120)63(43-66(106)107)98-79(119)62(42-52-28-30-53(101)31-29-52)97-78(118)61(41-51-23-13-10-14-24-51)95-69(109)46(5)86-49(8)100/h9-14,21-24,28-31,44-48,54-63,67,101H,15-20,25-27,32-43,82-84H2,1-8H3,(H2,85,108)(H,86,100)(H,87,112)(H,88,121)(H,89,110)(H,90,115)(H,91,117)(H,92,120)(H,93,113)(H,94,111)(H,95,109)(H,96,114)(H,97,118)(H,98,119)(H,99,116)(H,102,103)(H,104,105)(H,106,107). The van der Waals surface area contributed by atoms with E-state index in [1.165, 1.54) is 65.8 Å². The third-order valence-corrected chi connectivity index (χ3v) is 19.1. The topological polar surface area (TPSA) is 661 Å². The van der Waals surface area contributed by atoms with Gasteiger partial charge in [-0.05, 0) is 158 Å².